The number of rotatable bonds is 4. The summed E-state index contributed by atoms with van der Waals surface area (Å²) in [7, 11) is 0. The molecule has 0 spiro atoms. The molecule has 3 heterocycles. The fourth-order valence-electron chi connectivity index (χ4n) is 4.34. The molecule has 2 aliphatic heterocycles. The molecule has 2 aromatic carbocycles. The van der Waals surface area contributed by atoms with Crippen LogP contribution in [0.2, 0.25) is 0 Å². The van der Waals surface area contributed by atoms with E-state index in [1.807, 2.05) is 54.3 Å². The summed E-state index contributed by atoms with van der Waals surface area (Å²) in [5.41, 5.74) is 2.71. The third kappa shape index (κ3) is 4.02. The van der Waals surface area contributed by atoms with Crippen LogP contribution < -0.4 is 9.47 Å². The van der Waals surface area contributed by atoms with Gasteiger partial charge in [0.05, 0.1) is 31.4 Å². The van der Waals surface area contributed by atoms with Crippen LogP contribution in [0.25, 0.3) is 11.5 Å². The van der Waals surface area contributed by atoms with E-state index in [0.717, 1.165) is 48.4 Å². The SMILES string of the molecule is Cc1oc(-c2ccccc2)nc1CC(=O)N1CCCC1c1ccc2c(c1)OCCCO2. The summed E-state index contributed by atoms with van der Waals surface area (Å²) >= 11 is 0. The Balaban J connectivity index is 1.34. The van der Waals surface area contributed by atoms with E-state index < -0.39 is 0 Å². The van der Waals surface area contributed by atoms with Gasteiger partial charge >= 0.3 is 0 Å². The molecule has 0 bridgehead atoms. The molecule has 0 saturated carbocycles. The van der Waals surface area contributed by atoms with Crippen LogP contribution in [0.1, 0.15) is 42.3 Å². The predicted octanol–water partition coefficient (Wildman–Crippen LogP) is 4.72. The average Bonchev–Trinajstić information content (AvgIpc) is 3.35. The first kappa shape index (κ1) is 19.7. The molecule has 1 aromatic heterocycles. The molecule has 31 heavy (non-hydrogen) atoms. The van der Waals surface area contributed by atoms with E-state index in [2.05, 4.69) is 11.1 Å². The van der Waals surface area contributed by atoms with Gasteiger partial charge in [0.2, 0.25) is 11.8 Å². The molecule has 6 heteroatoms. The minimum absolute atomic E-state index is 0.0467. The lowest BCUT2D eigenvalue weighted by Crippen LogP contribution is -2.32. The third-order valence-electron chi connectivity index (χ3n) is 5.96. The minimum atomic E-state index is 0.0467. The minimum Gasteiger partial charge on any atom is -0.490 e. The summed E-state index contributed by atoms with van der Waals surface area (Å²) in [5, 5.41) is 0. The molecule has 0 aliphatic carbocycles. The number of aryl methyl sites for hydroxylation is 1. The molecule has 3 aromatic rings. The van der Waals surface area contributed by atoms with Gasteiger partial charge in [-0.25, -0.2) is 4.98 Å². The Morgan fingerprint density at radius 1 is 1.06 bits per heavy atom. The van der Waals surface area contributed by atoms with E-state index in [1.54, 1.807) is 0 Å². The number of benzene rings is 2. The number of amides is 1. The van der Waals surface area contributed by atoms with Crippen molar-refractivity contribution in [2.24, 2.45) is 0 Å². The first-order chi connectivity index (χ1) is 15.2. The Bertz CT molecular complexity index is 1080. The molecule has 6 nitrogen and oxygen atoms in total. The third-order valence-corrected chi connectivity index (χ3v) is 5.96. The van der Waals surface area contributed by atoms with Gasteiger partial charge in [0.15, 0.2) is 11.5 Å². The normalized spacial score (nSPS) is 18.1. The van der Waals surface area contributed by atoms with E-state index in [0.29, 0.717) is 30.6 Å². The highest BCUT2D eigenvalue weighted by Gasteiger charge is 2.31. The van der Waals surface area contributed by atoms with E-state index in [9.17, 15) is 4.79 Å². The van der Waals surface area contributed by atoms with Gasteiger partial charge in [0, 0.05) is 18.5 Å². The molecular weight excluding hydrogens is 392 g/mol. The van der Waals surface area contributed by atoms with Crippen LogP contribution in [0.15, 0.2) is 52.9 Å². The topological polar surface area (TPSA) is 64.8 Å². The number of hydrogen-bond donors (Lipinski definition) is 0. The zero-order chi connectivity index (χ0) is 21.2. The number of hydrogen-bond acceptors (Lipinski definition) is 5. The van der Waals surface area contributed by atoms with Crippen LogP contribution in [-0.2, 0) is 11.2 Å². The van der Waals surface area contributed by atoms with Crippen LogP contribution in [0.3, 0.4) is 0 Å². The summed E-state index contributed by atoms with van der Waals surface area (Å²) in [6.45, 7) is 3.94. The van der Waals surface area contributed by atoms with Gasteiger partial charge in [-0.15, -0.1) is 0 Å². The number of aromatic nitrogens is 1. The average molecular weight is 418 g/mol. The largest absolute Gasteiger partial charge is 0.490 e. The number of oxazole rings is 1. The Morgan fingerprint density at radius 3 is 2.71 bits per heavy atom. The van der Waals surface area contributed by atoms with Gasteiger partial charge in [-0.3, -0.25) is 4.79 Å². The second-order valence-corrected chi connectivity index (χ2v) is 8.07. The van der Waals surface area contributed by atoms with Crippen LogP contribution in [-0.4, -0.2) is 35.5 Å². The van der Waals surface area contributed by atoms with Crippen molar-refractivity contribution in [2.45, 2.75) is 38.6 Å². The summed E-state index contributed by atoms with van der Waals surface area (Å²) < 4.78 is 17.4. The van der Waals surface area contributed by atoms with Gasteiger partial charge in [0.1, 0.15) is 5.76 Å². The fraction of sp³-hybridized carbons (Fsp3) is 0.360. The fourth-order valence-corrected chi connectivity index (χ4v) is 4.34. The lowest BCUT2D eigenvalue weighted by Gasteiger charge is -2.25. The van der Waals surface area contributed by atoms with Crippen LogP contribution >= 0.6 is 0 Å². The van der Waals surface area contributed by atoms with Gasteiger partial charge in [-0.2, -0.15) is 0 Å². The van der Waals surface area contributed by atoms with Crippen molar-refractivity contribution in [3.8, 4) is 23.0 Å². The standard InChI is InChI=1S/C25H26N2O4/c1-17-20(26-25(31-17)18-7-3-2-4-8-18)16-24(28)27-12-5-9-21(27)19-10-11-22-23(15-19)30-14-6-13-29-22/h2-4,7-8,10-11,15,21H,5-6,9,12-14,16H2,1H3. The van der Waals surface area contributed by atoms with E-state index in [4.69, 9.17) is 13.9 Å². The van der Waals surface area contributed by atoms with Crippen LogP contribution in [0, 0.1) is 6.92 Å². The van der Waals surface area contributed by atoms with E-state index in [1.165, 1.54) is 0 Å². The van der Waals surface area contributed by atoms with Gasteiger partial charge in [0.25, 0.3) is 0 Å². The molecule has 1 saturated heterocycles. The highest BCUT2D eigenvalue weighted by atomic mass is 16.5. The Kier molecular flexibility index (Phi) is 5.37. The van der Waals surface area contributed by atoms with Crippen molar-refractivity contribution < 1.29 is 18.7 Å². The maximum absolute atomic E-state index is 13.2. The highest BCUT2D eigenvalue weighted by Crippen LogP contribution is 2.38. The smallest absolute Gasteiger partial charge is 0.229 e. The molecule has 2 aliphatic rings. The maximum Gasteiger partial charge on any atom is 0.229 e. The second-order valence-electron chi connectivity index (χ2n) is 8.07. The number of likely N-dealkylation sites (tertiary alicyclic amines) is 1. The lowest BCUT2D eigenvalue weighted by molar-refractivity contribution is -0.131. The Labute approximate surface area is 181 Å². The molecule has 160 valence electrons. The van der Waals surface area contributed by atoms with Gasteiger partial charge in [-0.1, -0.05) is 24.3 Å². The van der Waals surface area contributed by atoms with Crippen molar-refractivity contribution in [2.75, 3.05) is 19.8 Å². The molecule has 5 rings (SSSR count). The Hall–Kier alpha value is -3.28. The molecule has 1 amide bonds. The first-order valence-electron chi connectivity index (χ1n) is 10.9. The highest BCUT2D eigenvalue weighted by molar-refractivity contribution is 5.79. The molecule has 1 unspecified atom stereocenters. The lowest BCUT2D eigenvalue weighted by atomic mass is 10.0. The molecule has 0 radical (unpaired) electrons. The summed E-state index contributed by atoms with van der Waals surface area (Å²) in [6, 6.07) is 15.9. The zero-order valence-electron chi connectivity index (χ0n) is 17.7. The number of ether oxygens (including phenoxy) is 2. The van der Waals surface area contributed by atoms with E-state index >= 15 is 0 Å². The number of fused-ring (bicyclic) bond motifs is 1. The number of carbonyl (C=O) groups excluding carboxylic acids is 1. The molecular formula is C25H26N2O4. The van der Waals surface area contributed by atoms with Crippen molar-refractivity contribution in [1.29, 1.82) is 0 Å². The van der Waals surface area contributed by atoms with Gasteiger partial charge < -0.3 is 18.8 Å². The van der Waals surface area contributed by atoms with Crippen LogP contribution in [0.5, 0.6) is 11.5 Å². The summed E-state index contributed by atoms with van der Waals surface area (Å²) in [5.74, 6) is 2.88. The quantitative estimate of drug-likeness (QED) is 0.614. The van der Waals surface area contributed by atoms with Crippen molar-refractivity contribution >= 4 is 5.91 Å². The summed E-state index contributed by atoms with van der Waals surface area (Å²) in [6.07, 6.45) is 3.04. The van der Waals surface area contributed by atoms with E-state index in [-0.39, 0.29) is 18.4 Å². The number of carbonyl (C=O) groups is 1. The molecule has 1 atom stereocenters. The molecule has 0 N–H and O–H groups in total. The Morgan fingerprint density at radius 2 is 1.87 bits per heavy atom. The van der Waals surface area contributed by atoms with Crippen molar-refractivity contribution in [3.05, 3.63) is 65.5 Å². The second kappa shape index (κ2) is 8.46. The van der Waals surface area contributed by atoms with Crippen molar-refractivity contribution in [1.82, 2.24) is 9.88 Å². The predicted molar refractivity (Wildman–Crippen MR) is 116 cm³/mol. The monoisotopic (exact) mass is 418 g/mol. The van der Waals surface area contributed by atoms with Crippen molar-refractivity contribution in [3.63, 3.8) is 0 Å². The number of nitrogens with zero attached hydrogens (tertiary/aromatic N) is 2. The maximum atomic E-state index is 13.2. The molecule has 1 fully saturated rings. The summed E-state index contributed by atoms with van der Waals surface area (Å²) in [4.78, 5) is 19.8. The first-order valence-corrected chi connectivity index (χ1v) is 10.9. The van der Waals surface area contributed by atoms with Crippen LogP contribution in [0.4, 0.5) is 0 Å². The van der Waals surface area contributed by atoms with Gasteiger partial charge in [-0.05, 0) is 49.6 Å². The zero-order valence-corrected chi connectivity index (χ0v) is 17.7.